The second-order valence-electron chi connectivity index (χ2n) is 7.61. The molecule has 5 heterocycles. The van der Waals surface area contributed by atoms with Crippen molar-refractivity contribution in [2.75, 3.05) is 43.6 Å². The highest BCUT2D eigenvalue weighted by atomic mass is 16.7. The van der Waals surface area contributed by atoms with Crippen LogP contribution in [0.3, 0.4) is 0 Å². The van der Waals surface area contributed by atoms with Crippen molar-refractivity contribution in [2.24, 2.45) is 0 Å². The summed E-state index contributed by atoms with van der Waals surface area (Å²) >= 11 is 0. The Morgan fingerprint density at radius 3 is 2.68 bits per heavy atom. The van der Waals surface area contributed by atoms with Gasteiger partial charge in [0.25, 0.3) is 0 Å². The molecule has 4 aromatic rings. The lowest BCUT2D eigenvalue weighted by molar-refractivity contribution is 0.174. The fraction of sp³-hybridized carbons (Fsp3) is 0.286. The van der Waals surface area contributed by atoms with Gasteiger partial charge >= 0.3 is 0 Å². The van der Waals surface area contributed by atoms with Gasteiger partial charge in [0.2, 0.25) is 18.6 Å². The van der Waals surface area contributed by atoms with Crippen LogP contribution in [-0.4, -0.2) is 57.5 Å². The Kier molecular flexibility index (Phi) is 4.17. The molecule has 1 saturated heterocycles. The van der Waals surface area contributed by atoms with Crippen LogP contribution in [0.15, 0.2) is 47.1 Å². The Hall–Kier alpha value is -3.79. The van der Waals surface area contributed by atoms with E-state index in [-0.39, 0.29) is 0 Å². The van der Waals surface area contributed by atoms with Gasteiger partial charge in [0.05, 0.1) is 6.26 Å². The van der Waals surface area contributed by atoms with Crippen molar-refractivity contribution in [3.8, 4) is 23.1 Å². The maximum Gasteiger partial charge on any atom is 0.231 e. The molecule has 6 rings (SSSR count). The summed E-state index contributed by atoms with van der Waals surface area (Å²) in [6.45, 7) is 4.72. The number of anilines is 2. The lowest BCUT2D eigenvalue weighted by Crippen LogP contribution is -2.46. The molecule has 10 nitrogen and oxygen atoms in total. The molecule has 31 heavy (non-hydrogen) atoms. The van der Waals surface area contributed by atoms with Crippen LogP contribution in [-0.2, 0) is 6.54 Å². The normalized spacial score (nSPS) is 16.3. The van der Waals surface area contributed by atoms with Crippen molar-refractivity contribution >= 4 is 17.4 Å². The molecule has 0 saturated carbocycles. The predicted molar refractivity (Wildman–Crippen MR) is 113 cm³/mol. The van der Waals surface area contributed by atoms with Crippen LogP contribution in [0, 0.1) is 0 Å². The van der Waals surface area contributed by atoms with Gasteiger partial charge in [0.1, 0.15) is 5.82 Å². The number of hydrogen-bond acceptors (Lipinski definition) is 9. The zero-order valence-corrected chi connectivity index (χ0v) is 16.8. The molecule has 10 heteroatoms. The molecular formula is C21H21N7O3. The summed E-state index contributed by atoms with van der Waals surface area (Å²) in [5, 5.41) is 4.40. The SMILES string of the molecule is Nc1nc(N2CCN(Cc3ccc4c(c3)OCO4)CC2)cc2nc(-c3ccco3)nn12. The summed E-state index contributed by atoms with van der Waals surface area (Å²) in [7, 11) is 0. The van der Waals surface area contributed by atoms with Gasteiger partial charge in [-0.1, -0.05) is 6.07 Å². The average molecular weight is 419 g/mol. The highest BCUT2D eigenvalue weighted by Gasteiger charge is 2.21. The number of aromatic nitrogens is 4. The second kappa shape index (κ2) is 7.17. The smallest absolute Gasteiger partial charge is 0.231 e. The summed E-state index contributed by atoms with van der Waals surface area (Å²) in [5.74, 6) is 3.85. The number of hydrogen-bond donors (Lipinski definition) is 1. The van der Waals surface area contributed by atoms with Gasteiger partial charge in [-0.2, -0.15) is 9.50 Å². The van der Waals surface area contributed by atoms with E-state index in [9.17, 15) is 0 Å². The first-order valence-electron chi connectivity index (χ1n) is 10.2. The van der Waals surface area contributed by atoms with E-state index in [1.165, 1.54) is 10.1 Å². The summed E-state index contributed by atoms with van der Waals surface area (Å²) in [4.78, 5) is 13.8. The number of furan rings is 1. The molecule has 0 unspecified atom stereocenters. The lowest BCUT2D eigenvalue weighted by atomic mass is 10.1. The van der Waals surface area contributed by atoms with Crippen molar-refractivity contribution in [3.63, 3.8) is 0 Å². The fourth-order valence-electron chi connectivity index (χ4n) is 4.00. The summed E-state index contributed by atoms with van der Waals surface area (Å²) in [5.41, 5.74) is 8.03. The molecule has 1 fully saturated rings. The molecule has 0 amide bonds. The van der Waals surface area contributed by atoms with E-state index in [0.717, 1.165) is 50.0 Å². The predicted octanol–water partition coefficient (Wildman–Crippen LogP) is 2.02. The first-order chi connectivity index (χ1) is 15.2. The number of ether oxygens (including phenoxy) is 2. The molecular weight excluding hydrogens is 398 g/mol. The van der Waals surface area contributed by atoms with Gasteiger partial charge in [-0.25, -0.2) is 4.98 Å². The molecule has 2 aliphatic rings. The minimum absolute atomic E-state index is 0.299. The quantitative estimate of drug-likeness (QED) is 0.531. The molecule has 1 aromatic carbocycles. The number of nitrogen functional groups attached to an aromatic ring is 1. The van der Waals surface area contributed by atoms with E-state index in [1.807, 2.05) is 18.2 Å². The van der Waals surface area contributed by atoms with Crippen LogP contribution in [0.5, 0.6) is 11.5 Å². The van der Waals surface area contributed by atoms with E-state index in [1.54, 1.807) is 12.3 Å². The highest BCUT2D eigenvalue weighted by molar-refractivity contribution is 5.59. The molecule has 0 atom stereocenters. The monoisotopic (exact) mass is 419 g/mol. The topological polar surface area (TPSA) is 107 Å². The summed E-state index contributed by atoms with van der Waals surface area (Å²) < 4.78 is 17.8. The molecule has 158 valence electrons. The van der Waals surface area contributed by atoms with Crippen molar-refractivity contribution in [3.05, 3.63) is 48.2 Å². The van der Waals surface area contributed by atoms with Gasteiger partial charge < -0.3 is 24.5 Å². The van der Waals surface area contributed by atoms with Crippen LogP contribution >= 0.6 is 0 Å². The van der Waals surface area contributed by atoms with E-state index >= 15 is 0 Å². The number of piperazine rings is 1. The number of nitrogens with two attached hydrogens (primary N) is 1. The first-order valence-corrected chi connectivity index (χ1v) is 10.2. The van der Waals surface area contributed by atoms with Crippen molar-refractivity contribution in [2.45, 2.75) is 6.54 Å². The largest absolute Gasteiger partial charge is 0.461 e. The molecule has 0 radical (unpaired) electrons. The molecule has 2 N–H and O–H groups in total. The van der Waals surface area contributed by atoms with Crippen molar-refractivity contribution in [1.82, 2.24) is 24.5 Å². The number of fused-ring (bicyclic) bond motifs is 2. The van der Waals surface area contributed by atoms with E-state index in [0.29, 0.717) is 30.0 Å². The zero-order chi connectivity index (χ0) is 20.8. The molecule has 0 bridgehead atoms. The second-order valence-corrected chi connectivity index (χ2v) is 7.61. The van der Waals surface area contributed by atoms with Crippen LogP contribution < -0.4 is 20.1 Å². The Labute approximate surface area is 177 Å². The maximum atomic E-state index is 6.16. The summed E-state index contributed by atoms with van der Waals surface area (Å²) in [6.07, 6.45) is 1.59. The number of rotatable bonds is 4. The fourth-order valence-corrected chi connectivity index (χ4v) is 4.00. The first kappa shape index (κ1) is 18.0. The Morgan fingerprint density at radius 1 is 0.968 bits per heavy atom. The van der Waals surface area contributed by atoms with Crippen LogP contribution in [0.2, 0.25) is 0 Å². The van der Waals surface area contributed by atoms with Crippen LogP contribution in [0.25, 0.3) is 17.2 Å². The van der Waals surface area contributed by atoms with Gasteiger partial charge in [0.15, 0.2) is 22.9 Å². The van der Waals surface area contributed by atoms with Gasteiger partial charge in [-0.15, -0.1) is 5.10 Å². The minimum atomic E-state index is 0.299. The van der Waals surface area contributed by atoms with E-state index in [4.69, 9.17) is 19.6 Å². The van der Waals surface area contributed by atoms with Gasteiger partial charge in [-0.05, 0) is 29.8 Å². The third-order valence-electron chi connectivity index (χ3n) is 5.62. The minimum Gasteiger partial charge on any atom is -0.461 e. The third kappa shape index (κ3) is 3.30. The molecule has 0 aliphatic carbocycles. The maximum absolute atomic E-state index is 6.16. The highest BCUT2D eigenvalue weighted by Crippen LogP contribution is 2.33. The lowest BCUT2D eigenvalue weighted by Gasteiger charge is -2.35. The molecule has 0 spiro atoms. The Balaban J connectivity index is 1.16. The molecule has 3 aromatic heterocycles. The average Bonchev–Trinajstić information content (AvgIpc) is 3.54. The molecule has 2 aliphatic heterocycles. The standard InChI is InChI=1S/C21H21N7O3/c22-21-24-18(11-19-23-20(25-28(19)21)16-2-1-9-29-16)27-7-5-26(6-8-27)12-14-3-4-15-17(10-14)31-13-30-15/h1-4,9-11H,5-8,12-13H2,(H2,22,24). The van der Waals surface area contributed by atoms with Crippen molar-refractivity contribution in [1.29, 1.82) is 0 Å². The summed E-state index contributed by atoms with van der Waals surface area (Å²) in [6, 6.07) is 11.7. The van der Waals surface area contributed by atoms with Gasteiger partial charge in [-0.3, -0.25) is 4.90 Å². The number of nitrogens with zero attached hydrogens (tertiary/aromatic N) is 6. The third-order valence-corrected chi connectivity index (χ3v) is 5.62. The van der Waals surface area contributed by atoms with Crippen LogP contribution in [0.4, 0.5) is 11.8 Å². The number of benzene rings is 1. The van der Waals surface area contributed by atoms with E-state index < -0.39 is 0 Å². The van der Waals surface area contributed by atoms with Crippen LogP contribution in [0.1, 0.15) is 5.56 Å². The Bertz CT molecular complexity index is 1230. The Morgan fingerprint density at radius 2 is 1.84 bits per heavy atom. The van der Waals surface area contributed by atoms with E-state index in [2.05, 4.69) is 37.0 Å². The zero-order valence-electron chi connectivity index (χ0n) is 16.8. The van der Waals surface area contributed by atoms with Crippen molar-refractivity contribution < 1.29 is 13.9 Å². The van der Waals surface area contributed by atoms with Gasteiger partial charge in [0, 0.05) is 38.8 Å².